The van der Waals surface area contributed by atoms with Crippen molar-refractivity contribution in [1.29, 1.82) is 0 Å². The van der Waals surface area contributed by atoms with Gasteiger partial charge in [0.1, 0.15) is 0 Å². The van der Waals surface area contributed by atoms with Crippen molar-refractivity contribution < 1.29 is 0 Å². The van der Waals surface area contributed by atoms with Gasteiger partial charge in [0, 0.05) is 38.1 Å². The summed E-state index contributed by atoms with van der Waals surface area (Å²) in [5.74, 6) is 0.896. The van der Waals surface area contributed by atoms with E-state index in [2.05, 4.69) is 45.9 Å². The van der Waals surface area contributed by atoms with Crippen LogP contribution in [0.5, 0.6) is 0 Å². The molecule has 0 saturated carbocycles. The van der Waals surface area contributed by atoms with Crippen molar-refractivity contribution in [3.8, 4) is 0 Å². The molecule has 0 amide bonds. The van der Waals surface area contributed by atoms with Gasteiger partial charge >= 0.3 is 0 Å². The van der Waals surface area contributed by atoms with Crippen LogP contribution >= 0.6 is 0 Å². The summed E-state index contributed by atoms with van der Waals surface area (Å²) in [6.45, 7) is 8.96. The molecule has 0 aromatic carbocycles. The lowest BCUT2D eigenvalue weighted by atomic mass is 10.4. The Kier molecular flexibility index (Phi) is 6.14. The van der Waals surface area contributed by atoms with E-state index in [1.807, 2.05) is 12.5 Å². The van der Waals surface area contributed by atoms with Crippen molar-refractivity contribution in [3.05, 3.63) is 18.7 Å². The molecule has 0 unspecified atom stereocenters. The van der Waals surface area contributed by atoms with Crippen molar-refractivity contribution in [1.82, 2.24) is 20.2 Å². The third-order valence-corrected chi connectivity index (χ3v) is 2.17. The maximum atomic E-state index is 4.51. The molecule has 1 heterocycles. The minimum Gasteiger partial charge on any atom is -0.357 e. The summed E-state index contributed by atoms with van der Waals surface area (Å²) in [5, 5.41) is 6.52. The molecular formula is C12H23N5. The van der Waals surface area contributed by atoms with Crippen LogP contribution in [-0.4, -0.2) is 34.6 Å². The van der Waals surface area contributed by atoms with Crippen LogP contribution in [0.2, 0.25) is 0 Å². The van der Waals surface area contributed by atoms with E-state index in [-0.39, 0.29) is 0 Å². The quantitative estimate of drug-likeness (QED) is 0.444. The molecule has 1 aromatic rings. The number of aryl methyl sites for hydroxylation is 1. The fourth-order valence-corrected chi connectivity index (χ4v) is 1.46. The molecule has 1 rings (SSSR count). The monoisotopic (exact) mass is 237 g/mol. The molecule has 5 nitrogen and oxygen atoms in total. The van der Waals surface area contributed by atoms with Crippen molar-refractivity contribution in [2.45, 2.75) is 39.8 Å². The van der Waals surface area contributed by atoms with Crippen LogP contribution in [0.4, 0.5) is 0 Å². The Labute approximate surface area is 103 Å². The number of imidazole rings is 1. The van der Waals surface area contributed by atoms with Crippen LogP contribution in [0.1, 0.15) is 27.2 Å². The molecule has 0 aliphatic heterocycles. The highest BCUT2D eigenvalue weighted by Gasteiger charge is 1.98. The minimum atomic E-state index is 0.404. The molecule has 0 aliphatic rings. The van der Waals surface area contributed by atoms with Gasteiger partial charge in [0.15, 0.2) is 5.96 Å². The Hall–Kier alpha value is -1.52. The highest BCUT2D eigenvalue weighted by molar-refractivity contribution is 5.79. The van der Waals surface area contributed by atoms with E-state index in [0.717, 1.165) is 32.0 Å². The fourth-order valence-electron chi connectivity index (χ4n) is 1.46. The molecule has 0 atom stereocenters. The Morgan fingerprint density at radius 2 is 2.29 bits per heavy atom. The summed E-state index contributed by atoms with van der Waals surface area (Å²) in [6.07, 6.45) is 6.63. The van der Waals surface area contributed by atoms with Gasteiger partial charge in [-0.3, -0.25) is 4.99 Å². The zero-order valence-electron chi connectivity index (χ0n) is 11.0. The van der Waals surface area contributed by atoms with Gasteiger partial charge in [-0.15, -0.1) is 0 Å². The molecule has 0 saturated heterocycles. The Bertz CT molecular complexity index is 316. The minimum absolute atomic E-state index is 0.404. The molecule has 96 valence electrons. The number of nitrogens with zero attached hydrogens (tertiary/aromatic N) is 3. The van der Waals surface area contributed by atoms with Crippen molar-refractivity contribution in [2.75, 3.05) is 13.1 Å². The standard InChI is InChI=1S/C12H23N5/c1-4-14-12(16-11(2)3)15-6-5-8-17-9-7-13-10-17/h7,9-11H,4-6,8H2,1-3H3,(H2,14,15,16). The fraction of sp³-hybridized carbons (Fsp3) is 0.667. The molecule has 0 fully saturated rings. The Morgan fingerprint density at radius 3 is 2.88 bits per heavy atom. The van der Waals surface area contributed by atoms with Gasteiger partial charge in [0.05, 0.1) is 6.33 Å². The largest absolute Gasteiger partial charge is 0.357 e. The smallest absolute Gasteiger partial charge is 0.191 e. The van der Waals surface area contributed by atoms with Crippen LogP contribution in [0.25, 0.3) is 0 Å². The number of aliphatic imine (C=N–C) groups is 1. The van der Waals surface area contributed by atoms with Gasteiger partial charge in [-0.25, -0.2) is 4.98 Å². The molecule has 0 spiro atoms. The maximum Gasteiger partial charge on any atom is 0.191 e. The van der Waals surface area contributed by atoms with E-state index in [4.69, 9.17) is 0 Å². The van der Waals surface area contributed by atoms with Gasteiger partial charge < -0.3 is 15.2 Å². The third-order valence-electron chi connectivity index (χ3n) is 2.17. The van der Waals surface area contributed by atoms with Crippen LogP contribution < -0.4 is 10.6 Å². The summed E-state index contributed by atoms with van der Waals surface area (Å²) in [4.78, 5) is 8.52. The maximum absolute atomic E-state index is 4.51. The zero-order chi connectivity index (χ0) is 12.5. The molecule has 2 N–H and O–H groups in total. The van der Waals surface area contributed by atoms with E-state index in [1.54, 1.807) is 6.20 Å². The number of hydrogen-bond acceptors (Lipinski definition) is 2. The first-order valence-corrected chi connectivity index (χ1v) is 6.23. The summed E-state index contributed by atoms with van der Waals surface area (Å²) in [5.41, 5.74) is 0. The van der Waals surface area contributed by atoms with Crippen LogP contribution in [0, 0.1) is 0 Å². The number of hydrogen-bond donors (Lipinski definition) is 2. The first-order chi connectivity index (χ1) is 8.22. The Morgan fingerprint density at radius 1 is 1.47 bits per heavy atom. The summed E-state index contributed by atoms with van der Waals surface area (Å²) < 4.78 is 2.07. The molecule has 0 aliphatic carbocycles. The van der Waals surface area contributed by atoms with E-state index >= 15 is 0 Å². The van der Waals surface area contributed by atoms with Crippen LogP contribution in [0.15, 0.2) is 23.7 Å². The normalized spacial score (nSPS) is 11.9. The van der Waals surface area contributed by atoms with Gasteiger partial charge in [0.25, 0.3) is 0 Å². The highest BCUT2D eigenvalue weighted by Crippen LogP contribution is 1.91. The number of guanidine groups is 1. The molecule has 17 heavy (non-hydrogen) atoms. The van der Waals surface area contributed by atoms with Gasteiger partial charge in [0.2, 0.25) is 0 Å². The van der Waals surface area contributed by atoms with Crippen molar-refractivity contribution in [2.24, 2.45) is 4.99 Å². The van der Waals surface area contributed by atoms with E-state index in [1.165, 1.54) is 0 Å². The third kappa shape index (κ3) is 5.94. The second kappa shape index (κ2) is 7.70. The average molecular weight is 237 g/mol. The average Bonchev–Trinajstić information content (AvgIpc) is 2.76. The van der Waals surface area contributed by atoms with Crippen molar-refractivity contribution in [3.63, 3.8) is 0 Å². The second-order valence-electron chi connectivity index (χ2n) is 4.21. The SMILES string of the molecule is CCNC(=NCCCn1ccnc1)NC(C)C. The molecule has 0 bridgehead atoms. The zero-order valence-corrected chi connectivity index (χ0v) is 11.0. The van der Waals surface area contributed by atoms with Gasteiger partial charge in [-0.05, 0) is 27.2 Å². The Balaban J connectivity index is 2.28. The predicted octanol–water partition coefficient (Wildman–Crippen LogP) is 1.24. The highest BCUT2D eigenvalue weighted by atomic mass is 15.2. The van der Waals surface area contributed by atoms with Crippen LogP contribution in [-0.2, 0) is 6.54 Å². The van der Waals surface area contributed by atoms with E-state index < -0.39 is 0 Å². The van der Waals surface area contributed by atoms with E-state index in [9.17, 15) is 0 Å². The molecule has 5 heteroatoms. The molecular weight excluding hydrogens is 214 g/mol. The lowest BCUT2D eigenvalue weighted by Crippen LogP contribution is -2.41. The summed E-state index contributed by atoms with van der Waals surface area (Å²) in [7, 11) is 0. The lowest BCUT2D eigenvalue weighted by Gasteiger charge is -2.13. The van der Waals surface area contributed by atoms with Crippen molar-refractivity contribution >= 4 is 5.96 Å². The predicted molar refractivity (Wildman–Crippen MR) is 71.1 cm³/mol. The van der Waals surface area contributed by atoms with E-state index in [0.29, 0.717) is 6.04 Å². The molecule has 1 aromatic heterocycles. The number of nitrogens with one attached hydrogen (secondary N) is 2. The topological polar surface area (TPSA) is 54.2 Å². The number of rotatable bonds is 6. The van der Waals surface area contributed by atoms with Gasteiger partial charge in [-0.1, -0.05) is 0 Å². The second-order valence-corrected chi connectivity index (χ2v) is 4.21. The lowest BCUT2D eigenvalue weighted by molar-refractivity contribution is 0.642. The molecule has 0 radical (unpaired) electrons. The summed E-state index contributed by atoms with van der Waals surface area (Å²) in [6, 6.07) is 0.404. The number of aromatic nitrogens is 2. The van der Waals surface area contributed by atoms with Crippen LogP contribution in [0.3, 0.4) is 0 Å². The first-order valence-electron chi connectivity index (χ1n) is 6.23. The first kappa shape index (κ1) is 13.5. The van der Waals surface area contributed by atoms with Gasteiger partial charge in [-0.2, -0.15) is 0 Å². The summed E-state index contributed by atoms with van der Waals surface area (Å²) >= 11 is 0.